The molecule has 0 unspecified atom stereocenters. The van der Waals surface area contributed by atoms with Crippen LogP contribution < -0.4 is 0 Å². The normalized spacial score (nSPS) is 15.8. The van der Waals surface area contributed by atoms with E-state index in [9.17, 15) is 9.50 Å². The molecule has 0 aliphatic carbocycles. The van der Waals surface area contributed by atoms with Crippen molar-refractivity contribution >= 4 is 21.9 Å². The Morgan fingerprint density at radius 2 is 1.77 bits per heavy atom. The summed E-state index contributed by atoms with van der Waals surface area (Å²) < 4.78 is 55.3. The van der Waals surface area contributed by atoms with Gasteiger partial charge < -0.3 is 14.4 Å². The highest BCUT2D eigenvalue weighted by atomic mass is 19.1. The molecular weight excluding hydrogens is 519 g/mol. The third-order valence-electron chi connectivity index (χ3n) is 7.94. The molecule has 1 aliphatic heterocycles. The summed E-state index contributed by atoms with van der Waals surface area (Å²) in [6, 6.07) is 7.65. The van der Waals surface area contributed by atoms with E-state index in [1.54, 1.807) is 37.8 Å². The molecule has 40 heavy (non-hydrogen) atoms. The van der Waals surface area contributed by atoms with Crippen LogP contribution in [0, 0.1) is 30.3 Å². The SMILES string of the molecule is Cc1nnn(C)c1-c1cnc2c3c(F)cc(C(C)(C)O)cc3n([C@@H](c3cc(F)ccc3F)C3CCOCC3)c2c1. The monoisotopic (exact) mass is 549 g/mol. The average molecular weight is 550 g/mol. The molecule has 1 saturated heterocycles. The third-order valence-corrected chi connectivity index (χ3v) is 7.94. The molecule has 0 spiro atoms. The molecule has 1 atom stereocenters. The first-order valence-electron chi connectivity index (χ1n) is 13.3. The first-order chi connectivity index (χ1) is 19.0. The van der Waals surface area contributed by atoms with Crippen molar-refractivity contribution in [2.45, 2.75) is 45.3 Å². The summed E-state index contributed by atoms with van der Waals surface area (Å²) in [5.41, 5.74) is 2.71. The minimum Gasteiger partial charge on any atom is -0.386 e. The van der Waals surface area contributed by atoms with E-state index in [1.165, 1.54) is 12.1 Å². The van der Waals surface area contributed by atoms with Crippen LogP contribution in [0.5, 0.6) is 0 Å². The number of aromatic nitrogens is 5. The zero-order valence-corrected chi connectivity index (χ0v) is 22.8. The zero-order valence-electron chi connectivity index (χ0n) is 22.8. The molecule has 1 fully saturated rings. The lowest BCUT2D eigenvalue weighted by Crippen LogP contribution is -2.28. The third kappa shape index (κ3) is 4.35. The quantitative estimate of drug-likeness (QED) is 0.293. The van der Waals surface area contributed by atoms with Crippen molar-refractivity contribution in [2.75, 3.05) is 13.2 Å². The number of fused-ring (bicyclic) bond motifs is 3. The second kappa shape index (κ2) is 9.71. The fraction of sp³-hybridized carbons (Fsp3) is 0.367. The number of aryl methyl sites for hydroxylation is 2. The lowest BCUT2D eigenvalue weighted by Gasteiger charge is -2.33. The molecule has 1 aliphatic rings. The minimum absolute atomic E-state index is 0.138. The van der Waals surface area contributed by atoms with E-state index in [4.69, 9.17) is 9.72 Å². The highest BCUT2D eigenvalue weighted by Crippen LogP contribution is 2.43. The fourth-order valence-corrected chi connectivity index (χ4v) is 5.99. The molecule has 0 amide bonds. The van der Waals surface area contributed by atoms with Crippen molar-refractivity contribution < 1.29 is 23.0 Å². The van der Waals surface area contributed by atoms with Gasteiger partial charge in [-0.15, -0.1) is 5.10 Å². The van der Waals surface area contributed by atoms with Crippen LogP contribution in [0.1, 0.15) is 49.6 Å². The number of ether oxygens (including phenoxy) is 1. The molecule has 3 aromatic heterocycles. The van der Waals surface area contributed by atoms with E-state index in [2.05, 4.69) is 10.3 Å². The first-order valence-corrected chi connectivity index (χ1v) is 13.3. The predicted molar refractivity (Wildman–Crippen MR) is 145 cm³/mol. The van der Waals surface area contributed by atoms with Gasteiger partial charge in [0.15, 0.2) is 0 Å². The summed E-state index contributed by atoms with van der Waals surface area (Å²) in [7, 11) is 1.78. The van der Waals surface area contributed by atoms with Crippen LogP contribution in [0.4, 0.5) is 13.2 Å². The van der Waals surface area contributed by atoms with E-state index in [-0.39, 0.29) is 16.9 Å². The van der Waals surface area contributed by atoms with Crippen LogP contribution in [0.15, 0.2) is 42.6 Å². The maximum atomic E-state index is 15.9. The number of aliphatic hydroxyl groups is 1. The Balaban J connectivity index is 1.75. The van der Waals surface area contributed by atoms with Gasteiger partial charge in [-0.05, 0) is 81.5 Å². The lowest BCUT2D eigenvalue weighted by molar-refractivity contribution is 0.0548. The maximum absolute atomic E-state index is 15.9. The summed E-state index contributed by atoms with van der Waals surface area (Å²) in [6.07, 6.45) is 2.86. The summed E-state index contributed by atoms with van der Waals surface area (Å²) in [5.74, 6) is -1.81. The average Bonchev–Trinajstić information content (AvgIpc) is 3.42. The molecule has 1 N–H and O–H groups in total. The topological polar surface area (TPSA) is 78.0 Å². The first kappa shape index (κ1) is 26.5. The Kier molecular flexibility index (Phi) is 6.42. The predicted octanol–water partition coefficient (Wildman–Crippen LogP) is 5.95. The van der Waals surface area contributed by atoms with Crippen molar-refractivity contribution in [1.29, 1.82) is 0 Å². The number of halogens is 3. The van der Waals surface area contributed by atoms with Crippen LogP contribution in [0.25, 0.3) is 33.2 Å². The van der Waals surface area contributed by atoms with Gasteiger partial charge in [0.1, 0.15) is 17.5 Å². The summed E-state index contributed by atoms with van der Waals surface area (Å²) >= 11 is 0. The smallest absolute Gasteiger partial charge is 0.135 e. The van der Waals surface area contributed by atoms with Crippen molar-refractivity contribution in [3.8, 4) is 11.3 Å². The van der Waals surface area contributed by atoms with E-state index >= 15 is 8.78 Å². The number of hydrogen-bond donors (Lipinski definition) is 1. The number of benzene rings is 2. The Bertz CT molecular complexity index is 1730. The number of hydrogen-bond acceptors (Lipinski definition) is 5. The van der Waals surface area contributed by atoms with E-state index in [1.807, 2.05) is 17.6 Å². The fourth-order valence-electron chi connectivity index (χ4n) is 5.99. The van der Waals surface area contributed by atoms with Crippen LogP contribution >= 0.6 is 0 Å². The van der Waals surface area contributed by atoms with Crippen molar-refractivity contribution in [3.63, 3.8) is 0 Å². The number of rotatable bonds is 5. The Labute approximate surface area is 229 Å². The van der Waals surface area contributed by atoms with Gasteiger partial charge >= 0.3 is 0 Å². The Hall–Kier alpha value is -3.76. The summed E-state index contributed by atoms with van der Waals surface area (Å²) in [4.78, 5) is 4.70. The van der Waals surface area contributed by atoms with Crippen LogP contribution in [0.2, 0.25) is 0 Å². The molecule has 2 aromatic carbocycles. The number of nitrogens with zero attached hydrogens (tertiary/aromatic N) is 5. The molecule has 0 radical (unpaired) electrons. The van der Waals surface area contributed by atoms with Crippen LogP contribution in [-0.2, 0) is 17.4 Å². The Morgan fingerprint density at radius 3 is 2.45 bits per heavy atom. The standard InChI is InChI=1S/C30H30F3N5O2/c1-16-28(37(4)36-35-16)18-11-25-27(34-15-18)26-23(33)12-19(30(2,3)39)13-24(26)38(25)29(17-7-9-40-10-8-17)21-14-20(31)5-6-22(21)32/h5-6,11-15,17,29,39H,7-10H2,1-4H3/t29-/m1/s1. The van der Waals surface area contributed by atoms with Gasteiger partial charge in [0.05, 0.1) is 45.0 Å². The second-order valence-electron chi connectivity index (χ2n) is 11.1. The van der Waals surface area contributed by atoms with Gasteiger partial charge in [0.2, 0.25) is 0 Å². The molecular formula is C30H30F3N5O2. The van der Waals surface area contributed by atoms with Crippen molar-refractivity contribution in [3.05, 3.63) is 76.9 Å². The number of pyridine rings is 1. The molecule has 5 aromatic rings. The van der Waals surface area contributed by atoms with Crippen LogP contribution in [0.3, 0.4) is 0 Å². The van der Waals surface area contributed by atoms with Gasteiger partial charge in [-0.25, -0.2) is 17.9 Å². The van der Waals surface area contributed by atoms with E-state index in [0.29, 0.717) is 59.4 Å². The molecule has 4 heterocycles. The van der Waals surface area contributed by atoms with E-state index in [0.717, 1.165) is 17.8 Å². The van der Waals surface area contributed by atoms with Crippen molar-refractivity contribution in [1.82, 2.24) is 24.5 Å². The minimum atomic E-state index is -1.34. The van der Waals surface area contributed by atoms with Crippen molar-refractivity contribution in [2.24, 2.45) is 13.0 Å². The molecule has 6 rings (SSSR count). The summed E-state index contributed by atoms with van der Waals surface area (Å²) in [5, 5.41) is 19.3. The molecule has 7 nitrogen and oxygen atoms in total. The molecule has 10 heteroatoms. The maximum Gasteiger partial charge on any atom is 0.135 e. The lowest BCUT2D eigenvalue weighted by atomic mass is 9.86. The largest absolute Gasteiger partial charge is 0.386 e. The zero-order chi connectivity index (χ0) is 28.3. The molecule has 208 valence electrons. The van der Waals surface area contributed by atoms with Crippen LogP contribution in [-0.4, -0.2) is 42.9 Å². The molecule has 0 bridgehead atoms. The van der Waals surface area contributed by atoms with Gasteiger partial charge in [-0.3, -0.25) is 4.98 Å². The van der Waals surface area contributed by atoms with Gasteiger partial charge in [0.25, 0.3) is 0 Å². The molecule has 0 saturated carbocycles. The van der Waals surface area contributed by atoms with Gasteiger partial charge in [0, 0.05) is 37.6 Å². The highest BCUT2D eigenvalue weighted by molar-refractivity contribution is 6.07. The van der Waals surface area contributed by atoms with Gasteiger partial charge in [-0.1, -0.05) is 5.21 Å². The second-order valence-corrected chi connectivity index (χ2v) is 11.1. The van der Waals surface area contributed by atoms with E-state index < -0.39 is 29.1 Å². The van der Waals surface area contributed by atoms with Gasteiger partial charge in [-0.2, -0.15) is 0 Å². The Morgan fingerprint density at radius 1 is 1.02 bits per heavy atom. The summed E-state index contributed by atoms with van der Waals surface area (Å²) in [6.45, 7) is 5.95. The highest BCUT2D eigenvalue weighted by Gasteiger charge is 2.34.